The normalized spacial score (nSPS) is 11.4. The summed E-state index contributed by atoms with van der Waals surface area (Å²) in [4.78, 5) is 0. The van der Waals surface area contributed by atoms with E-state index in [9.17, 15) is 0 Å². The molecule has 0 aliphatic carbocycles. The molecule has 2 aromatic rings. The van der Waals surface area contributed by atoms with E-state index in [0.717, 1.165) is 12.8 Å². The Kier molecular flexibility index (Phi) is 5.69. The van der Waals surface area contributed by atoms with E-state index >= 15 is 0 Å². The maximum atomic E-state index is 2.28. The lowest BCUT2D eigenvalue weighted by Gasteiger charge is -1.93. The zero-order valence-corrected chi connectivity index (χ0v) is 11.1. The summed E-state index contributed by atoms with van der Waals surface area (Å²) in [5.41, 5.74) is 2.52. The van der Waals surface area contributed by atoms with Crippen molar-refractivity contribution in [1.82, 2.24) is 0 Å². The molecule has 1 radical (unpaired) electrons. The Morgan fingerprint density at radius 2 is 1.00 bits per heavy atom. The first-order valence-corrected chi connectivity index (χ1v) is 6.70. The minimum absolute atomic E-state index is 1.01. The second-order valence-electron chi connectivity index (χ2n) is 4.39. The van der Waals surface area contributed by atoms with E-state index in [1.165, 1.54) is 11.1 Å². The van der Waals surface area contributed by atoms with Crippen molar-refractivity contribution in [2.75, 3.05) is 0 Å². The van der Waals surface area contributed by atoms with Crippen LogP contribution in [-0.4, -0.2) is 0 Å². The zero-order chi connectivity index (χ0) is 13.2. The summed E-state index contributed by atoms with van der Waals surface area (Å²) >= 11 is 0. The highest BCUT2D eigenvalue weighted by atomic mass is 13.9. The molecular formula is C19H19. The highest BCUT2D eigenvalue weighted by molar-refractivity contribution is 5.49. The van der Waals surface area contributed by atoms with Gasteiger partial charge in [0.05, 0.1) is 0 Å². The molecule has 2 rings (SSSR count). The van der Waals surface area contributed by atoms with Gasteiger partial charge in [0.15, 0.2) is 0 Å². The van der Waals surface area contributed by atoms with E-state index in [4.69, 9.17) is 0 Å². The summed E-state index contributed by atoms with van der Waals surface area (Å²) in [6, 6.07) is 20.8. The van der Waals surface area contributed by atoms with E-state index < -0.39 is 0 Å². The van der Waals surface area contributed by atoms with Crippen molar-refractivity contribution in [2.45, 2.75) is 12.8 Å². The van der Waals surface area contributed by atoms with Crippen LogP contribution in [0.25, 0.3) is 12.2 Å². The highest BCUT2D eigenvalue weighted by Crippen LogP contribution is 2.06. The quantitative estimate of drug-likeness (QED) is 0.600. The number of hydrogen-bond donors (Lipinski definition) is 0. The number of benzene rings is 2. The Bertz CT molecular complexity index is 457. The van der Waals surface area contributed by atoms with E-state index in [0.29, 0.717) is 0 Å². The summed E-state index contributed by atoms with van der Waals surface area (Å²) in [6.07, 6.45) is 13.0. The second kappa shape index (κ2) is 8.10. The molecule has 0 saturated carbocycles. The van der Waals surface area contributed by atoms with Gasteiger partial charge in [-0.2, -0.15) is 0 Å². The van der Waals surface area contributed by atoms with Gasteiger partial charge < -0.3 is 0 Å². The molecule has 2 aromatic carbocycles. The fraction of sp³-hybridized carbons (Fsp3) is 0.105. The van der Waals surface area contributed by atoms with Crippen LogP contribution in [0.5, 0.6) is 0 Å². The van der Waals surface area contributed by atoms with Gasteiger partial charge >= 0.3 is 0 Å². The molecule has 0 aliphatic rings. The summed E-state index contributed by atoms with van der Waals surface area (Å²) in [5.74, 6) is 0. The van der Waals surface area contributed by atoms with Gasteiger partial charge in [0.25, 0.3) is 0 Å². The molecule has 19 heavy (non-hydrogen) atoms. The number of hydrogen-bond acceptors (Lipinski definition) is 0. The standard InChI is InChI=1S/C19H19/c1(2-6-12-18-14-8-4-9-15-18)3-7-13-19-16-10-5-11-17-19/h1,4-17H,2-3H2. The monoisotopic (exact) mass is 247 g/mol. The van der Waals surface area contributed by atoms with Crippen LogP contribution in [-0.2, 0) is 0 Å². The summed E-state index contributed by atoms with van der Waals surface area (Å²) in [6.45, 7) is 0. The van der Waals surface area contributed by atoms with Crippen molar-refractivity contribution in [3.8, 4) is 0 Å². The fourth-order valence-corrected chi connectivity index (χ4v) is 1.83. The molecule has 0 amide bonds. The van der Waals surface area contributed by atoms with Crippen molar-refractivity contribution >= 4 is 12.2 Å². The van der Waals surface area contributed by atoms with Crippen molar-refractivity contribution < 1.29 is 0 Å². The molecule has 0 bridgehead atoms. The average molecular weight is 247 g/mol. The van der Waals surface area contributed by atoms with Crippen molar-refractivity contribution in [1.29, 1.82) is 0 Å². The molecule has 0 saturated heterocycles. The summed E-state index contributed by atoms with van der Waals surface area (Å²) in [7, 11) is 0. The Morgan fingerprint density at radius 1 is 0.579 bits per heavy atom. The number of allylic oxidation sites excluding steroid dienone is 2. The topological polar surface area (TPSA) is 0 Å². The SMILES string of the molecule is [CH](CC=Cc1ccccc1)CC=Cc1ccccc1. The average Bonchev–Trinajstić information content (AvgIpc) is 2.48. The lowest BCUT2D eigenvalue weighted by Crippen LogP contribution is -1.73. The first-order valence-electron chi connectivity index (χ1n) is 6.70. The molecule has 0 heteroatoms. The van der Waals surface area contributed by atoms with E-state index in [-0.39, 0.29) is 0 Å². The van der Waals surface area contributed by atoms with E-state index in [1.807, 2.05) is 12.1 Å². The number of unbranched alkanes of at least 4 members (excludes halogenated alkanes) is 2. The van der Waals surface area contributed by atoms with Crippen molar-refractivity contribution in [3.05, 3.63) is 90.4 Å². The Hall–Kier alpha value is -2.08. The van der Waals surface area contributed by atoms with Crippen LogP contribution in [0.4, 0.5) is 0 Å². The molecule has 95 valence electrons. The molecule has 0 nitrogen and oxygen atoms in total. The lowest BCUT2D eigenvalue weighted by molar-refractivity contribution is 1.11. The van der Waals surface area contributed by atoms with Gasteiger partial charge in [0, 0.05) is 0 Å². The minimum Gasteiger partial charge on any atom is -0.0836 e. The van der Waals surface area contributed by atoms with Gasteiger partial charge in [-0.05, 0) is 30.4 Å². The van der Waals surface area contributed by atoms with Crippen LogP contribution in [0.2, 0.25) is 0 Å². The second-order valence-corrected chi connectivity index (χ2v) is 4.39. The van der Waals surface area contributed by atoms with Gasteiger partial charge in [0.2, 0.25) is 0 Å². The van der Waals surface area contributed by atoms with Crippen LogP contribution in [0.3, 0.4) is 0 Å². The Labute approximate surface area is 116 Å². The smallest absolute Gasteiger partial charge is 0.0260 e. The van der Waals surface area contributed by atoms with Crippen LogP contribution in [0.1, 0.15) is 24.0 Å². The first kappa shape index (κ1) is 13.4. The number of rotatable bonds is 6. The lowest BCUT2D eigenvalue weighted by atomic mass is 10.1. The van der Waals surface area contributed by atoms with Gasteiger partial charge in [-0.3, -0.25) is 0 Å². The van der Waals surface area contributed by atoms with Gasteiger partial charge in [-0.25, -0.2) is 0 Å². The molecule has 0 heterocycles. The fourth-order valence-electron chi connectivity index (χ4n) is 1.83. The Balaban J connectivity index is 1.65. The largest absolute Gasteiger partial charge is 0.0836 e. The molecule has 0 atom stereocenters. The van der Waals surface area contributed by atoms with Crippen LogP contribution < -0.4 is 0 Å². The van der Waals surface area contributed by atoms with Crippen LogP contribution in [0, 0.1) is 6.42 Å². The molecule has 0 spiro atoms. The highest BCUT2D eigenvalue weighted by Gasteiger charge is 1.85. The third-order valence-corrected chi connectivity index (χ3v) is 2.83. The van der Waals surface area contributed by atoms with Gasteiger partial charge in [0.1, 0.15) is 0 Å². The molecule has 0 fully saturated rings. The third kappa shape index (κ3) is 5.39. The molecule has 0 aliphatic heterocycles. The minimum atomic E-state index is 1.01. The van der Waals surface area contributed by atoms with Crippen LogP contribution in [0.15, 0.2) is 72.8 Å². The zero-order valence-electron chi connectivity index (χ0n) is 11.1. The van der Waals surface area contributed by atoms with E-state index in [1.54, 1.807) is 0 Å². The first-order chi connectivity index (χ1) is 9.45. The predicted octanol–water partition coefficient (Wildman–Crippen LogP) is 5.40. The molecule has 0 N–H and O–H groups in total. The van der Waals surface area contributed by atoms with Crippen LogP contribution >= 0.6 is 0 Å². The predicted molar refractivity (Wildman–Crippen MR) is 84.5 cm³/mol. The molecule has 0 unspecified atom stereocenters. The summed E-state index contributed by atoms with van der Waals surface area (Å²) in [5, 5.41) is 0. The Morgan fingerprint density at radius 3 is 1.42 bits per heavy atom. The molecule has 0 aromatic heterocycles. The molecular weight excluding hydrogens is 228 g/mol. The summed E-state index contributed by atoms with van der Waals surface area (Å²) < 4.78 is 0. The maximum Gasteiger partial charge on any atom is -0.0260 e. The van der Waals surface area contributed by atoms with E-state index in [2.05, 4.69) is 79.3 Å². The van der Waals surface area contributed by atoms with Crippen molar-refractivity contribution in [3.63, 3.8) is 0 Å². The van der Waals surface area contributed by atoms with Gasteiger partial charge in [-0.1, -0.05) is 85.0 Å². The maximum absolute atomic E-state index is 2.28. The van der Waals surface area contributed by atoms with Crippen molar-refractivity contribution in [2.24, 2.45) is 0 Å². The van der Waals surface area contributed by atoms with Gasteiger partial charge in [-0.15, -0.1) is 0 Å². The third-order valence-electron chi connectivity index (χ3n) is 2.83.